The van der Waals surface area contributed by atoms with Gasteiger partial charge in [-0.15, -0.1) is 0 Å². The fraction of sp³-hybridized carbons (Fsp3) is 0.350. The standard InChI is InChI=1S/C20H25NO2/c1-5-17-7-10-19(11-8-17)23-13-20(22)21-16(4)18-9-6-14(2)15(3)12-18/h6-12,16H,5,13H2,1-4H3,(H,21,22)/t16-/m1/s1. The number of benzene rings is 2. The molecule has 1 N–H and O–H groups in total. The molecule has 0 fully saturated rings. The third-order valence-corrected chi connectivity index (χ3v) is 4.11. The van der Waals surface area contributed by atoms with Crippen LogP contribution >= 0.6 is 0 Å². The summed E-state index contributed by atoms with van der Waals surface area (Å²) in [6.45, 7) is 8.28. The summed E-state index contributed by atoms with van der Waals surface area (Å²) in [6, 6.07) is 14.1. The predicted molar refractivity (Wildman–Crippen MR) is 93.8 cm³/mol. The quantitative estimate of drug-likeness (QED) is 0.871. The zero-order chi connectivity index (χ0) is 16.8. The van der Waals surface area contributed by atoms with Crippen LogP contribution in [-0.4, -0.2) is 12.5 Å². The molecular weight excluding hydrogens is 286 g/mol. The van der Waals surface area contributed by atoms with Crippen LogP contribution in [0, 0.1) is 13.8 Å². The van der Waals surface area contributed by atoms with E-state index in [0.29, 0.717) is 0 Å². The van der Waals surface area contributed by atoms with Crippen molar-refractivity contribution in [2.24, 2.45) is 0 Å². The van der Waals surface area contributed by atoms with Crippen LogP contribution in [0.1, 0.15) is 42.1 Å². The Bertz CT molecular complexity index is 662. The molecule has 0 aliphatic carbocycles. The zero-order valence-corrected chi connectivity index (χ0v) is 14.3. The van der Waals surface area contributed by atoms with E-state index in [4.69, 9.17) is 4.74 Å². The van der Waals surface area contributed by atoms with Crippen LogP contribution in [0.3, 0.4) is 0 Å². The summed E-state index contributed by atoms with van der Waals surface area (Å²) >= 11 is 0. The second kappa shape index (κ2) is 7.82. The molecule has 122 valence electrons. The molecule has 2 rings (SSSR count). The third-order valence-electron chi connectivity index (χ3n) is 4.11. The van der Waals surface area contributed by atoms with Crippen LogP contribution in [0.4, 0.5) is 0 Å². The maximum Gasteiger partial charge on any atom is 0.258 e. The summed E-state index contributed by atoms with van der Waals surface area (Å²) in [7, 11) is 0. The fourth-order valence-electron chi connectivity index (χ4n) is 2.37. The highest BCUT2D eigenvalue weighted by Gasteiger charge is 2.10. The first-order chi connectivity index (χ1) is 11.0. The van der Waals surface area contributed by atoms with Crippen LogP contribution in [0.2, 0.25) is 0 Å². The van der Waals surface area contributed by atoms with E-state index in [1.165, 1.54) is 16.7 Å². The van der Waals surface area contributed by atoms with Gasteiger partial charge >= 0.3 is 0 Å². The number of ether oxygens (including phenoxy) is 1. The van der Waals surface area contributed by atoms with Crippen LogP contribution in [0.5, 0.6) is 5.75 Å². The van der Waals surface area contributed by atoms with E-state index in [-0.39, 0.29) is 18.6 Å². The number of hydrogen-bond acceptors (Lipinski definition) is 2. The van der Waals surface area contributed by atoms with Gasteiger partial charge in [0.1, 0.15) is 5.75 Å². The molecule has 0 saturated carbocycles. The minimum atomic E-state index is -0.115. The van der Waals surface area contributed by atoms with Crippen molar-refractivity contribution in [3.05, 3.63) is 64.7 Å². The van der Waals surface area contributed by atoms with Crippen molar-refractivity contribution in [1.82, 2.24) is 5.32 Å². The van der Waals surface area contributed by atoms with Gasteiger partial charge in [-0.05, 0) is 61.6 Å². The molecule has 0 spiro atoms. The smallest absolute Gasteiger partial charge is 0.258 e. The van der Waals surface area contributed by atoms with E-state index >= 15 is 0 Å². The summed E-state index contributed by atoms with van der Waals surface area (Å²) in [6.07, 6.45) is 0.994. The zero-order valence-electron chi connectivity index (χ0n) is 14.3. The average Bonchev–Trinajstić information content (AvgIpc) is 2.55. The van der Waals surface area contributed by atoms with Crippen molar-refractivity contribution in [1.29, 1.82) is 0 Å². The van der Waals surface area contributed by atoms with Crippen molar-refractivity contribution in [3.63, 3.8) is 0 Å². The Kier molecular flexibility index (Phi) is 5.80. The maximum absolute atomic E-state index is 12.0. The number of carbonyl (C=O) groups is 1. The number of rotatable bonds is 6. The van der Waals surface area contributed by atoms with Crippen molar-refractivity contribution in [2.75, 3.05) is 6.61 Å². The Morgan fingerprint density at radius 2 is 1.78 bits per heavy atom. The van der Waals surface area contributed by atoms with Gasteiger partial charge in [0, 0.05) is 0 Å². The van der Waals surface area contributed by atoms with Gasteiger partial charge in [0.2, 0.25) is 0 Å². The number of amides is 1. The summed E-state index contributed by atoms with van der Waals surface area (Å²) < 4.78 is 5.53. The van der Waals surface area contributed by atoms with Crippen LogP contribution in [0.15, 0.2) is 42.5 Å². The van der Waals surface area contributed by atoms with Crippen LogP contribution in [-0.2, 0) is 11.2 Å². The highest BCUT2D eigenvalue weighted by Crippen LogP contribution is 2.17. The van der Waals surface area contributed by atoms with Gasteiger partial charge in [0.15, 0.2) is 6.61 Å². The molecule has 0 radical (unpaired) electrons. The molecule has 3 heteroatoms. The highest BCUT2D eigenvalue weighted by molar-refractivity contribution is 5.78. The molecule has 0 aliphatic heterocycles. The lowest BCUT2D eigenvalue weighted by molar-refractivity contribution is -0.123. The lowest BCUT2D eigenvalue weighted by atomic mass is 10.0. The molecule has 0 aliphatic rings. The third kappa shape index (κ3) is 4.85. The van der Waals surface area contributed by atoms with E-state index in [1.54, 1.807) is 0 Å². The molecule has 0 aromatic heterocycles. The monoisotopic (exact) mass is 311 g/mol. The fourth-order valence-corrected chi connectivity index (χ4v) is 2.37. The Morgan fingerprint density at radius 3 is 2.39 bits per heavy atom. The first-order valence-electron chi connectivity index (χ1n) is 8.08. The lowest BCUT2D eigenvalue weighted by Crippen LogP contribution is -2.31. The molecule has 1 amide bonds. The molecule has 3 nitrogen and oxygen atoms in total. The molecule has 23 heavy (non-hydrogen) atoms. The second-order valence-electron chi connectivity index (χ2n) is 5.92. The minimum Gasteiger partial charge on any atom is -0.484 e. The summed E-state index contributed by atoms with van der Waals surface area (Å²) in [5, 5.41) is 2.97. The van der Waals surface area contributed by atoms with Crippen molar-refractivity contribution < 1.29 is 9.53 Å². The van der Waals surface area contributed by atoms with Gasteiger partial charge in [-0.3, -0.25) is 4.79 Å². The van der Waals surface area contributed by atoms with Crippen LogP contribution in [0.25, 0.3) is 0 Å². The molecule has 0 unspecified atom stereocenters. The number of nitrogens with one attached hydrogen (secondary N) is 1. The molecule has 2 aromatic carbocycles. The summed E-state index contributed by atoms with van der Waals surface area (Å²) in [5.74, 6) is 0.603. The topological polar surface area (TPSA) is 38.3 Å². The summed E-state index contributed by atoms with van der Waals surface area (Å²) in [5.41, 5.74) is 4.85. The Hall–Kier alpha value is -2.29. The molecule has 0 saturated heterocycles. The van der Waals surface area contributed by atoms with E-state index in [0.717, 1.165) is 17.7 Å². The normalized spacial score (nSPS) is 11.8. The van der Waals surface area contributed by atoms with Gasteiger partial charge < -0.3 is 10.1 Å². The van der Waals surface area contributed by atoms with Gasteiger partial charge in [0.25, 0.3) is 5.91 Å². The molecule has 0 bridgehead atoms. The van der Waals surface area contributed by atoms with Crippen molar-refractivity contribution in [3.8, 4) is 5.75 Å². The number of hydrogen-bond donors (Lipinski definition) is 1. The first kappa shape index (κ1) is 17.1. The SMILES string of the molecule is CCc1ccc(OCC(=O)N[C@H](C)c2ccc(C)c(C)c2)cc1. The van der Waals surface area contributed by atoms with Gasteiger partial charge in [-0.25, -0.2) is 0 Å². The van der Waals surface area contributed by atoms with Crippen molar-refractivity contribution in [2.45, 2.75) is 40.2 Å². The first-order valence-corrected chi connectivity index (χ1v) is 8.08. The van der Waals surface area contributed by atoms with Crippen LogP contribution < -0.4 is 10.1 Å². The molecule has 2 aromatic rings. The summed E-state index contributed by atoms with van der Waals surface area (Å²) in [4.78, 5) is 12.0. The van der Waals surface area contributed by atoms with Gasteiger partial charge in [-0.2, -0.15) is 0 Å². The largest absolute Gasteiger partial charge is 0.484 e. The molecule has 0 heterocycles. The van der Waals surface area contributed by atoms with E-state index < -0.39 is 0 Å². The van der Waals surface area contributed by atoms with Crippen molar-refractivity contribution >= 4 is 5.91 Å². The van der Waals surface area contributed by atoms with Gasteiger partial charge in [-0.1, -0.05) is 37.3 Å². The maximum atomic E-state index is 12.0. The minimum absolute atomic E-state index is 0.0284. The Labute approximate surface area is 138 Å². The second-order valence-corrected chi connectivity index (χ2v) is 5.92. The number of aryl methyl sites for hydroxylation is 3. The van der Waals surface area contributed by atoms with E-state index in [9.17, 15) is 4.79 Å². The van der Waals surface area contributed by atoms with E-state index in [2.05, 4.69) is 44.3 Å². The molecule has 1 atom stereocenters. The molecular formula is C20H25NO2. The number of carbonyl (C=O) groups excluding carboxylic acids is 1. The lowest BCUT2D eigenvalue weighted by Gasteiger charge is -2.16. The average molecular weight is 311 g/mol. The highest BCUT2D eigenvalue weighted by atomic mass is 16.5. The van der Waals surface area contributed by atoms with E-state index in [1.807, 2.05) is 31.2 Å². The van der Waals surface area contributed by atoms with Gasteiger partial charge in [0.05, 0.1) is 6.04 Å². The predicted octanol–water partition coefficient (Wildman–Crippen LogP) is 4.12. The Balaban J connectivity index is 1.86. The Morgan fingerprint density at radius 1 is 1.09 bits per heavy atom.